The van der Waals surface area contributed by atoms with Crippen molar-refractivity contribution < 1.29 is 9.53 Å². The summed E-state index contributed by atoms with van der Waals surface area (Å²) < 4.78 is 5.59. The van der Waals surface area contributed by atoms with Gasteiger partial charge < -0.3 is 15.4 Å². The molecule has 0 unspecified atom stereocenters. The number of carbonyl (C=O) groups is 1. The molecule has 0 atom stereocenters. The van der Waals surface area contributed by atoms with E-state index in [1.165, 1.54) is 38.9 Å². The Morgan fingerprint density at radius 2 is 1.75 bits per heavy atom. The molecule has 0 saturated carbocycles. The van der Waals surface area contributed by atoms with Gasteiger partial charge in [-0.3, -0.25) is 0 Å². The number of hydrogen-bond acceptors (Lipinski definition) is 3. The minimum Gasteiger partial charge on any atom is -0.449 e. The van der Waals surface area contributed by atoms with Crippen LogP contribution in [0.2, 0.25) is 0 Å². The van der Waals surface area contributed by atoms with Gasteiger partial charge in [-0.15, -0.1) is 0 Å². The topological polar surface area (TPSA) is 50.4 Å². The van der Waals surface area contributed by atoms with Gasteiger partial charge in [-0.2, -0.15) is 0 Å². The Balaban J connectivity index is 1.10. The predicted octanol–water partition coefficient (Wildman–Crippen LogP) is 5.27. The van der Waals surface area contributed by atoms with Gasteiger partial charge in [0.05, 0.1) is 0 Å². The van der Waals surface area contributed by atoms with Crippen LogP contribution in [0.5, 0.6) is 0 Å². The second-order valence-corrected chi connectivity index (χ2v) is 8.40. The van der Waals surface area contributed by atoms with Gasteiger partial charge in [0.2, 0.25) is 0 Å². The summed E-state index contributed by atoms with van der Waals surface area (Å²) in [4.78, 5) is 12.3. The average Bonchev–Trinajstić information content (AvgIpc) is 3.16. The average molecular weight is 425 g/mol. The Hall–Kier alpha value is -3.37. The Labute approximate surface area is 189 Å². The third kappa shape index (κ3) is 4.32. The molecule has 1 aliphatic carbocycles. The normalized spacial score (nSPS) is 14.6. The fourth-order valence-corrected chi connectivity index (χ4v) is 4.73. The van der Waals surface area contributed by atoms with E-state index in [1.54, 1.807) is 0 Å². The molecule has 0 fully saturated rings. The SMILES string of the molecule is O=C(NCCC=Cc1ccc2c(c1)CCNC2)OCC1c2ccccc2-c2ccccc21. The van der Waals surface area contributed by atoms with Gasteiger partial charge in [0.1, 0.15) is 6.61 Å². The second-order valence-electron chi connectivity index (χ2n) is 8.40. The maximum Gasteiger partial charge on any atom is 0.407 e. The van der Waals surface area contributed by atoms with E-state index in [4.69, 9.17) is 4.74 Å². The van der Waals surface area contributed by atoms with Crippen molar-refractivity contribution in [3.05, 3.63) is 101 Å². The molecular formula is C28H28N2O2. The van der Waals surface area contributed by atoms with Crippen LogP contribution in [0, 0.1) is 0 Å². The van der Waals surface area contributed by atoms with E-state index in [1.807, 2.05) is 12.1 Å². The molecule has 5 rings (SSSR count). The van der Waals surface area contributed by atoms with E-state index in [2.05, 4.69) is 77.4 Å². The molecule has 1 heterocycles. The molecule has 3 aromatic carbocycles. The van der Waals surface area contributed by atoms with E-state index in [0.29, 0.717) is 13.2 Å². The molecule has 0 spiro atoms. The van der Waals surface area contributed by atoms with Gasteiger partial charge in [0, 0.05) is 19.0 Å². The van der Waals surface area contributed by atoms with Crippen LogP contribution < -0.4 is 10.6 Å². The number of hydrogen-bond donors (Lipinski definition) is 2. The molecule has 0 aromatic heterocycles. The summed E-state index contributed by atoms with van der Waals surface area (Å²) in [5.41, 5.74) is 8.97. The van der Waals surface area contributed by atoms with Gasteiger partial charge >= 0.3 is 6.09 Å². The lowest BCUT2D eigenvalue weighted by Crippen LogP contribution is -2.26. The molecule has 4 heteroatoms. The molecule has 162 valence electrons. The molecule has 1 amide bonds. The van der Waals surface area contributed by atoms with E-state index < -0.39 is 0 Å². The van der Waals surface area contributed by atoms with Crippen LogP contribution in [0.15, 0.2) is 72.8 Å². The molecule has 2 N–H and O–H groups in total. The van der Waals surface area contributed by atoms with Crippen LogP contribution in [0.25, 0.3) is 17.2 Å². The third-order valence-electron chi connectivity index (χ3n) is 6.35. The molecule has 1 aliphatic heterocycles. The summed E-state index contributed by atoms with van der Waals surface area (Å²) in [5, 5.41) is 6.27. The molecule has 0 bridgehead atoms. The van der Waals surface area contributed by atoms with Gasteiger partial charge in [-0.25, -0.2) is 4.79 Å². The van der Waals surface area contributed by atoms with Crippen LogP contribution >= 0.6 is 0 Å². The second kappa shape index (κ2) is 9.41. The van der Waals surface area contributed by atoms with Crippen molar-refractivity contribution in [2.24, 2.45) is 0 Å². The number of fused-ring (bicyclic) bond motifs is 4. The standard InChI is InChI=1S/C28H28N2O2/c31-28(30-15-6-5-7-20-12-13-22-18-29-16-14-21(22)17-20)32-19-27-25-10-3-1-8-23(25)24-9-2-4-11-26(24)27/h1-5,7-13,17,27,29H,6,14-16,18-19H2,(H,30,31). The van der Waals surface area contributed by atoms with E-state index in [0.717, 1.165) is 25.9 Å². The first kappa shape index (κ1) is 20.5. The molecule has 2 aliphatic rings. The van der Waals surface area contributed by atoms with Gasteiger partial charge in [0.25, 0.3) is 0 Å². The summed E-state index contributed by atoms with van der Waals surface area (Å²) in [6, 6.07) is 23.4. The number of carbonyl (C=O) groups excluding carboxylic acids is 1. The number of nitrogens with one attached hydrogen (secondary N) is 2. The van der Waals surface area contributed by atoms with Crippen LogP contribution in [0.3, 0.4) is 0 Å². The van der Waals surface area contributed by atoms with Crippen molar-refractivity contribution in [1.82, 2.24) is 10.6 Å². The zero-order chi connectivity index (χ0) is 21.8. The predicted molar refractivity (Wildman–Crippen MR) is 129 cm³/mol. The number of benzene rings is 3. The lowest BCUT2D eigenvalue weighted by Gasteiger charge is -2.17. The summed E-state index contributed by atoms with van der Waals surface area (Å²) in [6.45, 7) is 2.91. The minimum atomic E-state index is -0.360. The van der Waals surface area contributed by atoms with Crippen molar-refractivity contribution in [2.75, 3.05) is 19.7 Å². The zero-order valence-corrected chi connectivity index (χ0v) is 18.1. The largest absolute Gasteiger partial charge is 0.449 e. The lowest BCUT2D eigenvalue weighted by atomic mass is 9.98. The van der Waals surface area contributed by atoms with E-state index >= 15 is 0 Å². The monoisotopic (exact) mass is 424 g/mol. The van der Waals surface area contributed by atoms with Crippen molar-refractivity contribution >= 4 is 12.2 Å². The van der Waals surface area contributed by atoms with Crippen molar-refractivity contribution in [3.63, 3.8) is 0 Å². The highest BCUT2D eigenvalue weighted by Gasteiger charge is 2.28. The number of amides is 1. The number of rotatable bonds is 6. The Bertz CT molecular complexity index is 1110. The highest BCUT2D eigenvalue weighted by atomic mass is 16.5. The number of alkyl carbamates (subject to hydrolysis) is 1. The first-order valence-electron chi connectivity index (χ1n) is 11.4. The van der Waals surface area contributed by atoms with Gasteiger partial charge in [0.15, 0.2) is 0 Å². The molecule has 3 aromatic rings. The van der Waals surface area contributed by atoms with E-state index in [9.17, 15) is 4.79 Å². The minimum absolute atomic E-state index is 0.0901. The molecule has 0 radical (unpaired) electrons. The maximum atomic E-state index is 12.3. The van der Waals surface area contributed by atoms with Crippen molar-refractivity contribution in [2.45, 2.75) is 25.3 Å². The summed E-state index contributed by atoms with van der Waals surface area (Å²) in [6.07, 6.45) is 5.72. The highest BCUT2D eigenvalue weighted by Crippen LogP contribution is 2.44. The van der Waals surface area contributed by atoms with Gasteiger partial charge in [-0.05, 0) is 58.3 Å². The summed E-state index contributed by atoms with van der Waals surface area (Å²) in [7, 11) is 0. The van der Waals surface area contributed by atoms with Crippen molar-refractivity contribution in [1.29, 1.82) is 0 Å². The fourth-order valence-electron chi connectivity index (χ4n) is 4.73. The van der Waals surface area contributed by atoms with Crippen LogP contribution in [-0.4, -0.2) is 25.8 Å². The molecule has 4 nitrogen and oxygen atoms in total. The summed E-state index contributed by atoms with van der Waals surface area (Å²) in [5.74, 6) is 0.0901. The Morgan fingerprint density at radius 3 is 2.53 bits per heavy atom. The third-order valence-corrected chi connectivity index (χ3v) is 6.35. The van der Waals surface area contributed by atoms with Crippen molar-refractivity contribution in [3.8, 4) is 11.1 Å². The lowest BCUT2D eigenvalue weighted by molar-refractivity contribution is 0.143. The molecule has 0 saturated heterocycles. The first-order chi connectivity index (χ1) is 15.8. The first-order valence-corrected chi connectivity index (χ1v) is 11.4. The maximum absolute atomic E-state index is 12.3. The van der Waals surface area contributed by atoms with Crippen LogP contribution in [0.1, 0.15) is 40.2 Å². The summed E-state index contributed by atoms with van der Waals surface area (Å²) >= 11 is 0. The number of ether oxygens (including phenoxy) is 1. The quantitative estimate of drug-likeness (QED) is 0.530. The smallest absolute Gasteiger partial charge is 0.407 e. The molecular weight excluding hydrogens is 396 g/mol. The zero-order valence-electron chi connectivity index (χ0n) is 18.1. The van der Waals surface area contributed by atoms with E-state index in [-0.39, 0.29) is 12.0 Å². The van der Waals surface area contributed by atoms with Gasteiger partial charge in [-0.1, -0.05) is 78.9 Å². The Kier molecular flexibility index (Phi) is 6.04. The Morgan fingerprint density at radius 1 is 1.00 bits per heavy atom. The van der Waals surface area contributed by atoms with Crippen LogP contribution in [0.4, 0.5) is 4.79 Å². The molecule has 32 heavy (non-hydrogen) atoms. The fraction of sp³-hybridized carbons (Fsp3) is 0.250. The highest BCUT2D eigenvalue weighted by molar-refractivity contribution is 5.79. The van der Waals surface area contributed by atoms with Crippen LogP contribution in [-0.2, 0) is 17.7 Å².